The van der Waals surface area contributed by atoms with Gasteiger partial charge in [0.25, 0.3) is 0 Å². The Morgan fingerprint density at radius 2 is 1.86 bits per heavy atom. The number of thiazole rings is 1. The highest BCUT2D eigenvalue weighted by Crippen LogP contribution is 2.39. The minimum Gasteiger partial charge on any atom is -0.339 e. The van der Waals surface area contributed by atoms with Crippen molar-refractivity contribution in [1.82, 2.24) is 25.5 Å². The van der Waals surface area contributed by atoms with Gasteiger partial charge in [0.15, 0.2) is 0 Å². The van der Waals surface area contributed by atoms with Crippen LogP contribution in [0.5, 0.6) is 0 Å². The second kappa shape index (κ2) is 10.7. The van der Waals surface area contributed by atoms with Crippen LogP contribution >= 0.6 is 11.3 Å². The molecule has 4 aromatic rings. The van der Waals surface area contributed by atoms with Gasteiger partial charge in [0.1, 0.15) is 22.4 Å². The van der Waals surface area contributed by atoms with Crippen LogP contribution in [0.25, 0.3) is 21.5 Å². The number of rotatable bonds is 7. The summed E-state index contributed by atoms with van der Waals surface area (Å²) < 4.78 is 14.4. The third kappa shape index (κ3) is 5.10. The Morgan fingerprint density at radius 3 is 2.59 bits per heavy atom. The molecule has 2 aromatic carbocycles. The lowest BCUT2D eigenvalue weighted by molar-refractivity contribution is -0.137. The molecule has 0 spiro atoms. The fraction of sp³-hybridized carbons (Fsp3) is 0.286. The van der Waals surface area contributed by atoms with E-state index in [-0.39, 0.29) is 23.7 Å². The molecule has 3 atom stereocenters. The van der Waals surface area contributed by atoms with E-state index in [1.165, 1.54) is 12.1 Å². The Balaban J connectivity index is 1.47. The lowest BCUT2D eigenvalue weighted by Crippen LogP contribution is -2.47. The van der Waals surface area contributed by atoms with Crippen LogP contribution in [0.1, 0.15) is 42.4 Å². The summed E-state index contributed by atoms with van der Waals surface area (Å²) >= 11 is 1.54. The Labute approximate surface area is 218 Å². The molecule has 1 fully saturated rings. The Kier molecular flexibility index (Phi) is 7.25. The topological polar surface area (TPSA) is 87.2 Å². The van der Waals surface area contributed by atoms with Crippen molar-refractivity contribution in [3.05, 3.63) is 83.2 Å². The number of pyridine rings is 1. The van der Waals surface area contributed by atoms with Crippen molar-refractivity contribution in [3.63, 3.8) is 0 Å². The van der Waals surface area contributed by atoms with Gasteiger partial charge < -0.3 is 15.5 Å². The molecular formula is C28H28FN5O2S. The van der Waals surface area contributed by atoms with Crippen LogP contribution in [0.15, 0.2) is 66.9 Å². The summed E-state index contributed by atoms with van der Waals surface area (Å²) in [5.41, 5.74) is 2.95. The molecule has 37 heavy (non-hydrogen) atoms. The molecule has 1 aliphatic rings. The number of halogens is 1. The van der Waals surface area contributed by atoms with E-state index in [9.17, 15) is 14.0 Å². The summed E-state index contributed by atoms with van der Waals surface area (Å²) in [6.07, 6.45) is 3.36. The number of fused-ring (bicyclic) bond motifs is 1. The minimum atomic E-state index is -0.795. The SMILES string of the molecule is CN[C@@H](C)C(=O)N[C@H](C(=O)N1CCC[C@H]1c1nc2c(-c3ccc(F)cc3)nccc2s1)c1ccccc1. The Morgan fingerprint density at radius 1 is 1.11 bits per heavy atom. The van der Waals surface area contributed by atoms with Crippen LogP contribution in [0, 0.1) is 5.82 Å². The van der Waals surface area contributed by atoms with Gasteiger partial charge in [0, 0.05) is 18.3 Å². The van der Waals surface area contributed by atoms with Crippen molar-refractivity contribution in [2.45, 2.75) is 37.9 Å². The highest BCUT2D eigenvalue weighted by Gasteiger charge is 2.37. The van der Waals surface area contributed by atoms with E-state index >= 15 is 0 Å². The highest BCUT2D eigenvalue weighted by atomic mass is 32.1. The number of nitrogens with zero attached hydrogens (tertiary/aromatic N) is 3. The molecular weight excluding hydrogens is 489 g/mol. The zero-order valence-electron chi connectivity index (χ0n) is 20.6. The number of carbonyl (C=O) groups excluding carboxylic acids is 2. The maximum Gasteiger partial charge on any atom is 0.250 e. The largest absolute Gasteiger partial charge is 0.339 e. The van der Waals surface area contributed by atoms with Crippen LogP contribution in [0.4, 0.5) is 4.39 Å². The highest BCUT2D eigenvalue weighted by molar-refractivity contribution is 7.18. The molecule has 0 bridgehead atoms. The van der Waals surface area contributed by atoms with Crippen molar-refractivity contribution in [1.29, 1.82) is 0 Å². The van der Waals surface area contributed by atoms with E-state index in [0.717, 1.165) is 39.2 Å². The molecule has 5 rings (SSSR count). The van der Waals surface area contributed by atoms with Crippen molar-refractivity contribution >= 4 is 33.4 Å². The van der Waals surface area contributed by atoms with Crippen molar-refractivity contribution in [2.24, 2.45) is 0 Å². The Hall–Kier alpha value is -3.69. The quantitative estimate of drug-likeness (QED) is 0.373. The molecule has 2 aromatic heterocycles. The monoisotopic (exact) mass is 517 g/mol. The van der Waals surface area contributed by atoms with Crippen LogP contribution in [0.3, 0.4) is 0 Å². The summed E-state index contributed by atoms with van der Waals surface area (Å²) in [5.74, 6) is -0.698. The molecule has 3 heterocycles. The van der Waals surface area contributed by atoms with Gasteiger partial charge in [-0.15, -0.1) is 11.3 Å². The number of hydrogen-bond acceptors (Lipinski definition) is 6. The van der Waals surface area contributed by atoms with Gasteiger partial charge >= 0.3 is 0 Å². The number of carbonyl (C=O) groups is 2. The standard InChI is InChI=1S/C28H28FN5O2S/c1-17(30-2)26(35)32-24(18-7-4-3-5-8-18)28(36)34-16-6-9-21(34)27-33-25-22(37-27)14-15-31-23(25)19-10-12-20(29)13-11-19/h3-5,7-8,10-15,17,21,24,30H,6,9,16H2,1-2H3,(H,32,35)/t17-,21-,24-/m0/s1. The summed E-state index contributed by atoms with van der Waals surface area (Å²) in [6, 6.07) is 16.0. The second-order valence-electron chi connectivity index (χ2n) is 9.12. The van der Waals surface area contributed by atoms with Gasteiger partial charge in [0.2, 0.25) is 11.8 Å². The fourth-order valence-corrected chi connectivity index (χ4v) is 5.73. The van der Waals surface area contributed by atoms with Gasteiger partial charge in [0.05, 0.1) is 22.5 Å². The van der Waals surface area contributed by atoms with E-state index in [4.69, 9.17) is 4.98 Å². The lowest BCUT2D eigenvalue weighted by Gasteiger charge is -2.29. The van der Waals surface area contributed by atoms with Gasteiger partial charge in [-0.25, -0.2) is 9.37 Å². The Bertz CT molecular complexity index is 1410. The first-order chi connectivity index (χ1) is 18.0. The lowest BCUT2D eigenvalue weighted by atomic mass is 10.0. The normalized spacial score (nSPS) is 17.1. The predicted octanol–water partition coefficient (Wildman–Crippen LogP) is 4.63. The predicted molar refractivity (Wildman–Crippen MR) is 142 cm³/mol. The van der Waals surface area contributed by atoms with Crippen molar-refractivity contribution in [3.8, 4) is 11.3 Å². The first kappa shape index (κ1) is 25.0. The van der Waals surface area contributed by atoms with Crippen LogP contribution < -0.4 is 10.6 Å². The number of likely N-dealkylation sites (N-methyl/N-ethyl adjacent to an activating group) is 1. The minimum absolute atomic E-state index is 0.151. The molecule has 0 radical (unpaired) electrons. The van der Waals surface area contributed by atoms with Crippen LogP contribution in [0.2, 0.25) is 0 Å². The second-order valence-corrected chi connectivity index (χ2v) is 10.2. The molecule has 7 nitrogen and oxygen atoms in total. The van der Waals surface area contributed by atoms with Gasteiger partial charge in [-0.1, -0.05) is 30.3 Å². The van der Waals surface area contributed by atoms with Crippen molar-refractivity contribution in [2.75, 3.05) is 13.6 Å². The van der Waals surface area contributed by atoms with Crippen LogP contribution in [-0.2, 0) is 9.59 Å². The van der Waals surface area contributed by atoms with Gasteiger partial charge in [-0.3, -0.25) is 14.6 Å². The smallest absolute Gasteiger partial charge is 0.250 e. The van der Waals surface area contributed by atoms with Crippen molar-refractivity contribution < 1.29 is 14.0 Å². The summed E-state index contributed by atoms with van der Waals surface area (Å²) in [5, 5.41) is 6.71. The third-order valence-electron chi connectivity index (χ3n) is 6.76. The number of likely N-dealkylation sites (tertiary alicyclic amines) is 1. The molecule has 2 amide bonds. The van der Waals surface area contributed by atoms with Crippen LogP contribution in [-0.4, -0.2) is 46.3 Å². The summed E-state index contributed by atoms with van der Waals surface area (Å²) in [7, 11) is 1.71. The number of nitrogens with one attached hydrogen (secondary N) is 2. The van der Waals surface area contributed by atoms with E-state index in [2.05, 4.69) is 15.6 Å². The molecule has 190 valence electrons. The molecule has 2 N–H and O–H groups in total. The summed E-state index contributed by atoms with van der Waals surface area (Å²) in [6.45, 7) is 2.34. The zero-order valence-corrected chi connectivity index (χ0v) is 21.5. The average Bonchev–Trinajstić information content (AvgIpc) is 3.59. The first-order valence-electron chi connectivity index (χ1n) is 12.3. The molecule has 0 saturated carbocycles. The number of aromatic nitrogens is 2. The maximum absolute atomic E-state index is 13.9. The van der Waals surface area contributed by atoms with Gasteiger partial charge in [-0.05, 0) is 62.7 Å². The zero-order chi connectivity index (χ0) is 25.9. The average molecular weight is 518 g/mol. The third-order valence-corrected chi connectivity index (χ3v) is 7.88. The van der Waals surface area contributed by atoms with E-state index < -0.39 is 12.1 Å². The molecule has 0 unspecified atom stereocenters. The number of benzene rings is 2. The molecule has 0 aliphatic carbocycles. The molecule has 1 aliphatic heterocycles. The summed E-state index contributed by atoms with van der Waals surface area (Å²) in [4.78, 5) is 38.0. The molecule has 9 heteroatoms. The van der Waals surface area contributed by atoms with E-state index in [1.54, 1.807) is 43.6 Å². The fourth-order valence-electron chi connectivity index (χ4n) is 4.62. The van der Waals surface area contributed by atoms with E-state index in [0.29, 0.717) is 12.2 Å². The maximum atomic E-state index is 13.9. The number of amides is 2. The van der Waals surface area contributed by atoms with Gasteiger partial charge in [-0.2, -0.15) is 0 Å². The molecule has 1 saturated heterocycles. The first-order valence-corrected chi connectivity index (χ1v) is 13.1. The number of hydrogen-bond donors (Lipinski definition) is 2. The van der Waals surface area contributed by atoms with E-state index in [1.807, 2.05) is 41.3 Å².